The topological polar surface area (TPSA) is 0 Å². The van der Waals surface area contributed by atoms with E-state index in [2.05, 4.69) is 91.4 Å². The van der Waals surface area contributed by atoms with Crippen molar-refractivity contribution in [1.82, 2.24) is 0 Å². The molecule has 1 aliphatic rings. The zero-order chi connectivity index (χ0) is 13.3. The molecular weight excluding hydrogens is 223 g/mol. The van der Waals surface area contributed by atoms with Crippen molar-refractivity contribution < 1.29 is 0 Å². The molecule has 0 nitrogen and oxygen atoms in total. The first-order valence-electron chi connectivity index (χ1n) is 7.03. The van der Waals surface area contributed by atoms with Crippen molar-refractivity contribution in [1.29, 1.82) is 0 Å². The summed E-state index contributed by atoms with van der Waals surface area (Å²) >= 11 is 2.36. The van der Waals surface area contributed by atoms with Gasteiger partial charge in [0.05, 0.1) is 0 Å². The van der Waals surface area contributed by atoms with Gasteiger partial charge in [-0.15, -0.1) is 0 Å². The Bertz CT molecular complexity index is 600. The van der Waals surface area contributed by atoms with Crippen molar-refractivity contribution >= 4 is 23.8 Å². The Morgan fingerprint density at radius 1 is 1.00 bits per heavy atom. The Morgan fingerprint density at radius 3 is 2.47 bits per heavy atom. The van der Waals surface area contributed by atoms with E-state index in [0.717, 1.165) is 6.42 Å². The Balaban J connectivity index is 1.87. The molecule has 90 valence electrons. The van der Waals surface area contributed by atoms with E-state index in [1.54, 1.807) is 0 Å². The monoisotopic (exact) mass is 240 g/mol. The van der Waals surface area contributed by atoms with Gasteiger partial charge in [-0.2, -0.15) is 0 Å². The van der Waals surface area contributed by atoms with Crippen LogP contribution in [0.15, 0.2) is 60.7 Å². The zero-order valence-electron chi connectivity index (χ0n) is 11.6. The molecular formula is C18H17Li. The Morgan fingerprint density at radius 2 is 1.68 bits per heavy atom. The van der Waals surface area contributed by atoms with Crippen LogP contribution in [-0.2, 0) is 4.09 Å². The maximum absolute atomic E-state index is 2.37. The average Bonchev–Trinajstić information content (AvgIpc) is 2.78. The Labute approximate surface area is 124 Å². The number of allylic oxidation sites excluding steroid dienone is 1. The van der Waals surface area contributed by atoms with Crippen molar-refractivity contribution in [3.63, 3.8) is 0 Å². The fourth-order valence-electron chi connectivity index (χ4n) is 3.24. The van der Waals surface area contributed by atoms with Crippen LogP contribution in [0.25, 0.3) is 6.08 Å². The van der Waals surface area contributed by atoms with Crippen LogP contribution in [0.4, 0.5) is 0 Å². The molecule has 1 aliphatic carbocycles. The van der Waals surface area contributed by atoms with Gasteiger partial charge in [-0.1, -0.05) is 0 Å². The molecule has 0 fully saturated rings. The van der Waals surface area contributed by atoms with Gasteiger partial charge in [-0.05, 0) is 0 Å². The van der Waals surface area contributed by atoms with E-state index in [4.69, 9.17) is 0 Å². The number of hydrogen-bond acceptors (Lipinski definition) is 0. The first-order chi connectivity index (χ1) is 9.19. The standard InChI is InChI=1S/C18H17.Li/c1-14(15-7-3-2-4-8-15)13-17-12-11-16-9-5-6-10-18(16)17;/h2-12,14H,13H2,1H3;. The molecule has 0 aromatic heterocycles. The van der Waals surface area contributed by atoms with Crippen molar-refractivity contribution in [2.45, 2.75) is 23.4 Å². The molecule has 3 rings (SSSR count). The molecule has 2 atom stereocenters. The molecule has 19 heavy (non-hydrogen) atoms. The van der Waals surface area contributed by atoms with E-state index in [-0.39, 0.29) is 4.09 Å². The third kappa shape index (κ3) is 2.44. The van der Waals surface area contributed by atoms with E-state index in [1.165, 1.54) is 16.7 Å². The minimum atomic E-state index is 0.172. The summed E-state index contributed by atoms with van der Waals surface area (Å²) in [7, 11) is 0. The fraction of sp³-hybridized carbons (Fsp3) is 0.222. The van der Waals surface area contributed by atoms with Crippen molar-refractivity contribution in [2.75, 3.05) is 0 Å². The summed E-state index contributed by atoms with van der Waals surface area (Å²) in [5.41, 5.74) is 4.28. The predicted molar refractivity (Wildman–Crippen MR) is 82.4 cm³/mol. The molecule has 2 unspecified atom stereocenters. The molecule has 0 bridgehead atoms. The van der Waals surface area contributed by atoms with Gasteiger partial charge in [0.2, 0.25) is 0 Å². The Kier molecular flexibility index (Phi) is 3.40. The summed E-state index contributed by atoms with van der Waals surface area (Å²) < 4.78 is 0.172. The van der Waals surface area contributed by atoms with Crippen LogP contribution < -0.4 is 0 Å². The van der Waals surface area contributed by atoms with Crippen LogP contribution in [0.5, 0.6) is 0 Å². The molecule has 2 aromatic carbocycles. The SMILES string of the molecule is [Li][C]1(CC(C)c2ccccc2)C=Cc2ccccc21. The summed E-state index contributed by atoms with van der Waals surface area (Å²) in [5.74, 6) is 0.571. The third-order valence-electron chi connectivity index (χ3n) is 4.31. The molecule has 0 N–H and O–H groups in total. The second kappa shape index (κ2) is 5.04. The van der Waals surface area contributed by atoms with Gasteiger partial charge in [0.25, 0.3) is 0 Å². The molecule has 2 aromatic rings. The van der Waals surface area contributed by atoms with Crippen LogP contribution in [0.1, 0.15) is 36.0 Å². The van der Waals surface area contributed by atoms with Gasteiger partial charge in [0.1, 0.15) is 0 Å². The molecule has 0 saturated heterocycles. The van der Waals surface area contributed by atoms with E-state index < -0.39 is 0 Å². The van der Waals surface area contributed by atoms with Gasteiger partial charge < -0.3 is 0 Å². The second-order valence-corrected chi connectivity index (χ2v) is 5.85. The van der Waals surface area contributed by atoms with Crippen molar-refractivity contribution in [2.24, 2.45) is 0 Å². The number of fused-ring (bicyclic) bond motifs is 1. The first kappa shape index (κ1) is 12.8. The summed E-state index contributed by atoms with van der Waals surface area (Å²) in [5, 5.41) is 0. The maximum atomic E-state index is 2.37. The molecule has 0 heterocycles. The minimum absolute atomic E-state index is 0.172. The number of hydrogen-bond donors (Lipinski definition) is 0. The normalized spacial score (nSPS) is 22.3. The van der Waals surface area contributed by atoms with Gasteiger partial charge in [0.15, 0.2) is 0 Å². The molecule has 0 radical (unpaired) electrons. The Hall–Kier alpha value is -1.22. The first-order valence-corrected chi connectivity index (χ1v) is 7.03. The molecule has 0 saturated carbocycles. The summed E-state index contributed by atoms with van der Waals surface area (Å²) in [4.78, 5) is 0. The third-order valence-corrected chi connectivity index (χ3v) is 4.31. The van der Waals surface area contributed by atoms with E-state index in [1.807, 2.05) is 0 Å². The number of benzene rings is 2. The fourth-order valence-corrected chi connectivity index (χ4v) is 3.24. The average molecular weight is 240 g/mol. The van der Waals surface area contributed by atoms with Crippen LogP contribution in [0.3, 0.4) is 0 Å². The van der Waals surface area contributed by atoms with Crippen molar-refractivity contribution in [3.05, 3.63) is 77.4 Å². The van der Waals surface area contributed by atoms with Gasteiger partial charge >= 0.3 is 125 Å². The molecule has 0 aliphatic heterocycles. The predicted octanol–water partition coefficient (Wildman–Crippen LogP) is 4.27. The van der Waals surface area contributed by atoms with E-state index >= 15 is 0 Å². The van der Waals surface area contributed by atoms with Gasteiger partial charge in [-0.25, -0.2) is 0 Å². The summed E-state index contributed by atoms with van der Waals surface area (Å²) in [6.07, 6.45) is 5.80. The summed E-state index contributed by atoms with van der Waals surface area (Å²) in [6.45, 7) is 2.33. The second-order valence-electron chi connectivity index (χ2n) is 5.85. The quantitative estimate of drug-likeness (QED) is 0.703. The van der Waals surface area contributed by atoms with Gasteiger partial charge in [0, 0.05) is 0 Å². The molecule has 0 amide bonds. The van der Waals surface area contributed by atoms with E-state index in [9.17, 15) is 0 Å². The van der Waals surface area contributed by atoms with Crippen molar-refractivity contribution in [3.8, 4) is 0 Å². The number of rotatable bonds is 3. The zero-order valence-corrected chi connectivity index (χ0v) is 11.6. The summed E-state index contributed by atoms with van der Waals surface area (Å²) in [6, 6.07) is 19.6. The van der Waals surface area contributed by atoms with Crippen LogP contribution in [0, 0.1) is 0 Å². The molecule has 0 spiro atoms. The molecule has 1 heteroatoms. The van der Waals surface area contributed by atoms with E-state index in [0.29, 0.717) is 5.92 Å². The van der Waals surface area contributed by atoms with Crippen LogP contribution >= 0.6 is 0 Å². The van der Waals surface area contributed by atoms with Crippen LogP contribution in [0.2, 0.25) is 0 Å². The van der Waals surface area contributed by atoms with Gasteiger partial charge in [-0.3, -0.25) is 0 Å². The van der Waals surface area contributed by atoms with Crippen LogP contribution in [-0.4, -0.2) is 17.7 Å².